The van der Waals surface area contributed by atoms with Crippen LogP contribution in [0.4, 0.5) is 15.5 Å². The molecule has 3 rings (SSSR count). The van der Waals surface area contributed by atoms with Crippen molar-refractivity contribution in [1.82, 2.24) is 4.90 Å². The molecule has 0 fully saturated rings. The first-order chi connectivity index (χ1) is 12.5. The number of primary amides is 1. The van der Waals surface area contributed by atoms with Crippen LogP contribution in [0.2, 0.25) is 5.02 Å². The lowest BCUT2D eigenvalue weighted by atomic mass is 10.0. The predicted octanol–water partition coefficient (Wildman–Crippen LogP) is 2.49. The summed E-state index contributed by atoms with van der Waals surface area (Å²) in [4.78, 5) is 27.3. The number of benzene rings is 1. The van der Waals surface area contributed by atoms with Gasteiger partial charge in [-0.1, -0.05) is 11.6 Å². The van der Waals surface area contributed by atoms with E-state index in [4.69, 9.17) is 22.4 Å². The fourth-order valence-electron chi connectivity index (χ4n) is 2.94. The van der Waals surface area contributed by atoms with Crippen molar-refractivity contribution in [1.29, 1.82) is 0 Å². The number of β-amino-alcohol motifs (C(OH)–C–C–N with tert-alkyl or cyclic N) is 1. The lowest BCUT2D eigenvalue weighted by Gasteiger charge is -2.25. The van der Waals surface area contributed by atoms with Crippen molar-refractivity contribution in [3.63, 3.8) is 0 Å². The molecule has 0 saturated heterocycles. The Balaban J connectivity index is 1.78. The third kappa shape index (κ3) is 4.16. The van der Waals surface area contributed by atoms with Crippen LogP contribution >= 0.6 is 22.9 Å². The maximum absolute atomic E-state index is 12.3. The minimum absolute atomic E-state index is 0.0813. The second kappa shape index (κ2) is 8.05. The maximum atomic E-state index is 12.3. The minimum Gasteiger partial charge on any atom is -0.395 e. The number of hydrogen-bond acceptors (Lipinski definition) is 5. The highest BCUT2D eigenvalue weighted by atomic mass is 35.5. The van der Waals surface area contributed by atoms with Gasteiger partial charge in [0.25, 0.3) is 5.91 Å². The number of nitrogens with zero attached hydrogens (tertiary/aromatic N) is 1. The Bertz CT molecular complexity index is 822. The number of carbonyl (C=O) groups is 2. The molecule has 1 aliphatic rings. The molecule has 0 aliphatic carbocycles. The van der Waals surface area contributed by atoms with Crippen molar-refractivity contribution in [2.75, 3.05) is 30.3 Å². The number of thiophene rings is 1. The Morgan fingerprint density at radius 1 is 1.27 bits per heavy atom. The molecule has 2 heterocycles. The van der Waals surface area contributed by atoms with Crippen molar-refractivity contribution >= 4 is 45.6 Å². The van der Waals surface area contributed by atoms with Gasteiger partial charge in [0.1, 0.15) is 5.00 Å². The van der Waals surface area contributed by atoms with Crippen LogP contribution in [-0.2, 0) is 13.0 Å². The molecule has 0 bridgehead atoms. The zero-order valence-corrected chi connectivity index (χ0v) is 15.5. The molecular formula is C17H19ClN4O3S. The number of halogens is 1. The van der Waals surface area contributed by atoms with Crippen LogP contribution in [0, 0.1) is 0 Å². The van der Waals surface area contributed by atoms with Crippen molar-refractivity contribution in [3.05, 3.63) is 45.3 Å². The van der Waals surface area contributed by atoms with Gasteiger partial charge in [0, 0.05) is 35.2 Å². The number of amides is 3. The Labute approximate surface area is 159 Å². The van der Waals surface area contributed by atoms with Gasteiger partial charge in [-0.15, -0.1) is 11.3 Å². The van der Waals surface area contributed by atoms with E-state index in [2.05, 4.69) is 15.5 Å². The second-order valence-corrected chi connectivity index (χ2v) is 7.45. The maximum Gasteiger partial charge on any atom is 0.324 e. The third-order valence-electron chi connectivity index (χ3n) is 4.13. The number of urea groups is 1. The quantitative estimate of drug-likeness (QED) is 0.624. The van der Waals surface area contributed by atoms with Gasteiger partial charge in [-0.05, 0) is 36.2 Å². The highest BCUT2D eigenvalue weighted by Crippen LogP contribution is 2.37. The molecule has 1 aromatic carbocycles. The second-order valence-electron chi connectivity index (χ2n) is 5.91. The SMILES string of the molecule is NC(=O)c1c(NC(=O)Nc2ccc(Cl)cc2)sc2c1CCN(CCO)C2. The minimum atomic E-state index is -0.556. The smallest absolute Gasteiger partial charge is 0.324 e. The molecule has 0 saturated carbocycles. The molecular weight excluding hydrogens is 376 g/mol. The van der Waals surface area contributed by atoms with E-state index < -0.39 is 11.9 Å². The first-order valence-corrected chi connectivity index (χ1v) is 9.28. The van der Waals surface area contributed by atoms with Gasteiger partial charge in [-0.25, -0.2) is 4.79 Å². The van der Waals surface area contributed by atoms with E-state index in [0.717, 1.165) is 17.0 Å². The first-order valence-electron chi connectivity index (χ1n) is 8.09. The molecule has 9 heteroatoms. The van der Waals surface area contributed by atoms with Crippen molar-refractivity contribution < 1.29 is 14.7 Å². The van der Waals surface area contributed by atoms with Crippen LogP contribution in [0.1, 0.15) is 20.8 Å². The number of carbonyl (C=O) groups excluding carboxylic acids is 2. The Morgan fingerprint density at radius 3 is 2.65 bits per heavy atom. The van der Waals surface area contributed by atoms with Crippen LogP contribution in [0.25, 0.3) is 0 Å². The van der Waals surface area contributed by atoms with Crippen molar-refractivity contribution in [3.8, 4) is 0 Å². The van der Waals surface area contributed by atoms with E-state index in [9.17, 15) is 9.59 Å². The molecule has 2 aromatic rings. The fraction of sp³-hybridized carbons (Fsp3) is 0.294. The van der Waals surface area contributed by atoms with Crippen LogP contribution in [0.3, 0.4) is 0 Å². The van der Waals surface area contributed by atoms with Crippen molar-refractivity contribution in [2.45, 2.75) is 13.0 Å². The average molecular weight is 395 g/mol. The molecule has 0 atom stereocenters. The van der Waals surface area contributed by atoms with Gasteiger partial charge in [0.05, 0.1) is 12.2 Å². The Kier molecular flexibility index (Phi) is 5.77. The molecule has 5 N–H and O–H groups in total. The zero-order chi connectivity index (χ0) is 18.7. The molecule has 0 unspecified atom stereocenters. The number of nitrogens with one attached hydrogen (secondary N) is 2. The summed E-state index contributed by atoms with van der Waals surface area (Å²) in [6.45, 7) is 2.02. The third-order valence-corrected chi connectivity index (χ3v) is 5.51. The van der Waals surface area contributed by atoms with E-state index in [1.807, 2.05) is 0 Å². The molecule has 7 nitrogen and oxygen atoms in total. The number of anilines is 2. The lowest BCUT2D eigenvalue weighted by Crippen LogP contribution is -2.32. The number of aliphatic hydroxyl groups excluding tert-OH is 1. The fourth-order valence-corrected chi connectivity index (χ4v) is 4.35. The van der Waals surface area contributed by atoms with E-state index in [-0.39, 0.29) is 6.61 Å². The summed E-state index contributed by atoms with van der Waals surface area (Å²) in [5.74, 6) is -0.556. The normalized spacial score (nSPS) is 13.9. The number of aliphatic hydroxyl groups is 1. The summed E-state index contributed by atoms with van der Waals surface area (Å²) >= 11 is 7.17. The average Bonchev–Trinajstić information content (AvgIpc) is 2.94. The van der Waals surface area contributed by atoms with E-state index in [0.29, 0.717) is 40.8 Å². The molecule has 1 aliphatic heterocycles. The summed E-state index contributed by atoms with van der Waals surface area (Å²) in [6.07, 6.45) is 0.657. The topological polar surface area (TPSA) is 108 Å². The van der Waals surface area contributed by atoms with Crippen LogP contribution in [0.15, 0.2) is 24.3 Å². The van der Waals surface area contributed by atoms with Crippen molar-refractivity contribution in [2.24, 2.45) is 5.73 Å². The van der Waals surface area contributed by atoms with E-state index in [1.165, 1.54) is 11.3 Å². The van der Waals surface area contributed by atoms with E-state index >= 15 is 0 Å². The number of fused-ring (bicyclic) bond motifs is 1. The van der Waals surface area contributed by atoms with Crippen LogP contribution < -0.4 is 16.4 Å². The molecule has 138 valence electrons. The first kappa shape index (κ1) is 18.7. The van der Waals surface area contributed by atoms with Crippen LogP contribution in [0.5, 0.6) is 0 Å². The predicted molar refractivity (Wildman–Crippen MR) is 103 cm³/mol. The summed E-state index contributed by atoms with van der Waals surface area (Å²) in [7, 11) is 0. The zero-order valence-electron chi connectivity index (χ0n) is 13.9. The van der Waals surface area contributed by atoms with Gasteiger partial charge < -0.3 is 16.2 Å². The van der Waals surface area contributed by atoms with Gasteiger partial charge in [0.2, 0.25) is 0 Å². The van der Waals surface area contributed by atoms with Gasteiger partial charge >= 0.3 is 6.03 Å². The summed E-state index contributed by atoms with van der Waals surface area (Å²) < 4.78 is 0. The highest BCUT2D eigenvalue weighted by molar-refractivity contribution is 7.17. The van der Waals surface area contributed by atoms with E-state index in [1.54, 1.807) is 24.3 Å². The Hall–Kier alpha value is -2.13. The molecule has 1 aromatic heterocycles. The standard InChI is InChI=1S/C17H19ClN4O3S/c18-10-1-3-11(4-2-10)20-17(25)21-16-14(15(19)24)12-5-6-22(7-8-23)9-13(12)26-16/h1-4,23H,5-9H2,(H2,19,24)(H2,20,21,25). The summed E-state index contributed by atoms with van der Waals surface area (Å²) in [5.41, 5.74) is 7.40. The number of rotatable bonds is 5. The van der Waals surface area contributed by atoms with Crippen LogP contribution in [-0.4, -0.2) is 41.6 Å². The molecule has 3 amide bonds. The summed E-state index contributed by atoms with van der Waals surface area (Å²) in [5, 5.41) is 15.5. The molecule has 0 spiro atoms. The monoisotopic (exact) mass is 394 g/mol. The van der Waals surface area contributed by atoms with Gasteiger partial charge in [-0.3, -0.25) is 15.0 Å². The number of hydrogen-bond donors (Lipinski definition) is 4. The highest BCUT2D eigenvalue weighted by Gasteiger charge is 2.27. The molecule has 0 radical (unpaired) electrons. The Morgan fingerprint density at radius 2 is 2.00 bits per heavy atom. The van der Waals surface area contributed by atoms with Gasteiger partial charge in [-0.2, -0.15) is 0 Å². The lowest BCUT2D eigenvalue weighted by molar-refractivity contribution is 0.0999. The van der Waals surface area contributed by atoms with Gasteiger partial charge in [0.15, 0.2) is 0 Å². The largest absolute Gasteiger partial charge is 0.395 e. The summed E-state index contributed by atoms with van der Waals surface area (Å²) in [6, 6.07) is 6.25. The molecule has 26 heavy (non-hydrogen) atoms. The number of nitrogens with two attached hydrogens (primary N) is 1.